The van der Waals surface area contributed by atoms with Gasteiger partial charge in [0.25, 0.3) is 0 Å². The quantitative estimate of drug-likeness (QED) is 0.922. The number of hydrogen-bond acceptors (Lipinski definition) is 4. The van der Waals surface area contributed by atoms with Crippen LogP contribution in [0.4, 0.5) is 0 Å². The molecule has 0 saturated carbocycles. The number of nitrogens with zero attached hydrogens (tertiary/aromatic N) is 1. The van der Waals surface area contributed by atoms with Gasteiger partial charge in [0.1, 0.15) is 10.6 Å². The van der Waals surface area contributed by atoms with Crippen LogP contribution in [0.1, 0.15) is 27.3 Å². The van der Waals surface area contributed by atoms with E-state index < -0.39 is 5.97 Å². The maximum Gasteiger partial charge on any atom is 0.346 e. The molecule has 0 bridgehead atoms. The van der Waals surface area contributed by atoms with Gasteiger partial charge < -0.3 is 9.84 Å². The number of aromatic nitrogens is 1. The van der Waals surface area contributed by atoms with Crippen molar-refractivity contribution in [2.24, 2.45) is 0 Å². The zero-order valence-corrected chi connectivity index (χ0v) is 10.4. The number of hydrogen-bond donors (Lipinski definition) is 1. The van der Waals surface area contributed by atoms with Gasteiger partial charge in [-0.15, -0.1) is 11.3 Å². The number of carboxylic acid groups (broad SMARTS) is 1. The van der Waals surface area contributed by atoms with Crippen molar-refractivity contribution in [3.8, 4) is 11.6 Å². The third kappa shape index (κ3) is 2.09. The summed E-state index contributed by atoms with van der Waals surface area (Å²) in [5.41, 5.74) is 2.39. The first-order chi connectivity index (χ1) is 8.72. The van der Waals surface area contributed by atoms with E-state index in [0.717, 1.165) is 36.3 Å². The topological polar surface area (TPSA) is 59.4 Å². The van der Waals surface area contributed by atoms with Gasteiger partial charge in [0.05, 0.1) is 0 Å². The Hall–Kier alpha value is -1.88. The van der Waals surface area contributed by atoms with Gasteiger partial charge >= 0.3 is 5.97 Å². The average Bonchev–Trinajstić information content (AvgIpc) is 2.96. The summed E-state index contributed by atoms with van der Waals surface area (Å²) in [7, 11) is 0. The fourth-order valence-corrected chi connectivity index (χ4v) is 2.71. The lowest BCUT2D eigenvalue weighted by Gasteiger charge is -2.04. The Balaban J connectivity index is 1.81. The molecule has 18 heavy (non-hydrogen) atoms. The van der Waals surface area contributed by atoms with Gasteiger partial charge in [-0.3, -0.25) is 0 Å². The number of aryl methyl sites for hydroxylation is 2. The highest BCUT2D eigenvalue weighted by Gasteiger charge is 2.14. The van der Waals surface area contributed by atoms with E-state index in [0.29, 0.717) is 11.6 Å². The van der Waals surface area contributed by atoms with E-state index >= 15 is 0 Å². The van der Waals surface area contributed by atoms with E-state index in [9.17, 15) is 4.79 Å². The third-order valence-corrected chi connectivity index (χ3v) is 3.81. The van der Waals surface area contributed by atoms with E-state index in [1.807, 2.05) is 12.1 Å². The standard InChI is InChI=1S/C13H11NO3S/c15-13(16)11-6-9(7-18-11)17-12-5-4-8-2-1-3-10(8)14-12/h4-7H,1-3H2,(H,15,16). The molecule has 0 unspecified atom stereocenters. The van der Waals surface area contributed by atoms with Crippen LogP contribution in [0.15, 0.2) is 23.6 Å². The van der Waals surface area contributed by atoms with Gasteiger partial charge in [-0.05, 0) is 24.8 Å². The summed E-state index contributed by atoms with van der Waals surface area (Å²) in [4.78, 5) is 15.5. The summed E-state index contributed by atoms with van der Waals surface area (Å²) < 4.78 is 5.57. The third-order valence-electron chi connectivity index (χ3n) is 2.91. The van der Waals surface area contributed by atoms with Crippen LogP contribution < -0.4 is 4.74 Å². The minimum Gasteiger partial charge on any atom is -0.477 e. The Bertz CT molecular complexity index is 606. The number of aromatic carboxylic acids is 1. The van der Waals surface area contributed by atoms with Gasteiger partial charge in [0.2, 0.25) is 5.88 Å². The molecule has 2 heterocycles. The first-order valence-corrected chi connectivity index (χ1v) is 6.59. The molecule has 0 fully saturated rings. The fraction of sp³-hybridized carbons (Fsp3) is 0.231. The Morgan fingerprint density at radius 2 is 2.28 bits per heavy atom. The van der Waals surface area contributed by atoms with Crippen LogP contribution in [0.2, 0.25) is 0 Å². The van der Waals surface area contributed by atoms with Crippen LogP contribution in [-0.2, 0) is 12.8 Å². The van der Waals surface area contributed by atoms with Crippen LogP contribution in [0, 0.1) is 0 Å². The number of pyridine rings is 1. The van der Waals surface area contributed by atoms with Crippen LogP contribution in [0.25, 0.3) is 0 Å². The molecular weight excluding hydrogens is 250 g/mol. The zero-order valence-electron chi connectivity index (χ0n) is 9.55. The smallest absolute Gasteiger partial charge is 0.346 e. The first kappa shape index (κ1) is 11.2. The minimum absolute atomic E-state index is 0.270. The molecule has 2 aromatic rings. The molecular formula is C13H11NO3S. The molecule has 0 saturated heterocycles. The molecule has 0 aromatic carbocycles. The molecule has 4 nitrogen and oxygen atoms in total. The molecule has 1 N–H and O–H groups in total. The van der Waals surface area contributed by atoms with E-state index in [1.54, 1.807) is 5.38 Å². The van der Waals surface area contributed by atoms with Crippen molar-refractivity contribution in [1.82, 2.24) is 4.98 Å². The van der Waals surface area contributed by atoms with Crippen LogP contribution in [0.5, 0.6) is 11.6 Å². The SMILES string of the molecule is O=C(O)c1cc(Oc2ccc3c(n2)CCC3)cs1. The summed E-state index contributed by atoms with van der Waals surface area (Å²) in [6.45, 7) is 0. The van der Waals surface area contributed by atoms with Gasteiger partial charge in [0.15, 0.2) is 0 Å². The first-order valence-electron chi connectivity index (χ1n) is 5.71. The van der Waals surface area contributed by atoms with Crippen molar-refractivity contribution < 1.29 is 14.6 Å². The largest absolute Gasteiger partial charge is 0.477 e. The van der Waals surface area contributed by atoms with Crippen molar-refractivity contribution in [3.05, 3.63) is 39.7 Å². The second-order valence-corrected chi connectivity index (χ2v) is 5.07. The van der Waals surface area contributed by atoms with E-state index in [4.69, 9.17) is 9.84 Å². The molecule has 0 radical (unpaired) electrons. The summed E-state index contributed by atoms with van der Waals surface area (Å²) in [6.07, 6.45) is 3.23. The van der Waals surface area contributed by atoms with Gasteiger partial charge in [-0.25, -0.2) is 9.78 Å². The molecule has 1 aliphatic carbocycles. The Morgan fingerprint density at radius 1 is 1.39 bits per heavy atom. The second-order valence-electron chi connectivity index (χ2n) is 4.16. The normalized spacial score (nSPS) is 13.3. The molecule has 3 rings (SSSR count). The zero-order chi connectivity index (χ0) is 12.5. The van der Waals surface area contributed by atoms with E-state index in [1.165, 1.54) is 11.6 Å². The number of carboxylic acids is 1. The second kappa shape index (κ2) is 4.42. The molecule has 0 spiro atoms. The summed E-state index contributed by atoms with van der Waals surface area (Å²) >= 11 is 1.15. The van der Waals surface area contributed by atoms with Crippen molar-refractivity contribution in [2.75, 3.05) is 0 Å². The lowest BCUT2D eigenvalue weighted by atomic mass is 10.2. The number of carbonyl (C=O) groups is 1. The molecule has 2 aromatic heterocycles. The lowest BCUT2D eigenvalue weighted by molar-refractivity contribution is 0.0702. The van der Waals surface area contributed by atoms with E-state index in [-0.39, 0.29) is 4.88 Å². The van der Waals surface area contributed by atoms with Crippen LogP contribution in [0.3, 0.4) is 0 Å². The van der Waals surface area contributed by atoms with E-state index in [2.05, 4.69) is 4.98 Å². The van der Waals surface area contributed by atoms with Gasteiger partial charge in [-0.2, -0.15) is 0 Å². The molecule has 92 valence electrons. The fourth-order valence-electron chi connectivity index (χ4n) is 2.06. The Kier molecular flexibility index (Phi) is 2.76. The number of rotatable bonds is 3. The Morgan fingerprint density at radius 3 is 3.06 bits per heavy atom. The maximum absolute atomic E-state index is 10.8. The summed E-state index contributed by atoms with van der Waals surface area (Å²) in [5, 5.41) is 10.5. The monoisotopic (exact) mass is 261 g/mol. The maximum atomic E-state index is 10.8. The van der Waals surface area contributed by atoms with Crippen molar-refractivity contribution in [1.29, 1.82) is 0 Å². The van der Waals surface area contributed by atoms with Crippen molar-refractivity contribution in [3.63, 3.8) is 0 Å². The van der Waals surface area contributed by atoms with Crippen molar-refractivity contribution >= 4 is 17.3 Å². The highest BCUT2D eigenvalue weighted by atomic mass is 32.1. The molecule has 0 amide bonds. The predicted molar refractivity (Wildman–Crippen MR) is 67.6 cm³/mol. The van der Waals surface area contributed by atoms with Crippen LogP contribution in [-0.4, -0.2) is 16.1 Å². The lowest BCUT2D eigenvalue weighted by Crippen LogP contribution is -1.93. The molecule has 0 atom stereocenters. The Labute approximate surface area is 108 Å². The van der Waals surface area contributed by atoms with Crippen molar-refractivity contribution in [2.45, 2.75) is 19.3 Å². The summed E-state index contributed by atoms with van der Waals surface area (Å²) in [5.74, 6) is 0.130. The molecule has 1 aliphatic rings. The molecule has 5 heteroatoms. The highest BCUT2D eigenvalue weighted by molar-refractivity contribution is 7.12. The van der Waals surface area contributed by atoms with Gasteiger partial charge in [0, 0.05) is 23.2 Å². The number of thiophene rings is 1. The summed E-state index contributed by atoms with van der Waals surface area (Å²) in [6, 6.07) is 5.39. The average molecular weight is 261 g/mol. The minimum atomic E-state index is -0.934. The number of fused-ring (bicyclic) bond motifs is 1. The van der Waals surface area contributed by atoms with Gasteiger partial charge in [-0.1, -0.05) is 6.07 Å². The molecule has 0 aliphatic heterocycles. The van der Waals surface area contributed by atoms with Crippen LogP contribution >= 0.6 is 11.3 Å². The number of ether oxygens (including phenoxy) is 1. The predicted octanol–water partition coefficient (Wildman–Crippen LogP) is 3.12. The highest BCUT2D eigenvalue weighted by Crippen LogP contribution is 2.28.